The van der Waals surface area contributed by atoms with Gasteiger partial charge in [-0.2, -0.15) is 16.1 Å². The van der Waals surface area contributed by atoms with Crippen LogP contribution < -0.4 is 5.32 Å². The number of aliphatic hydroxyl groups excluding tert-OH is 1. The quantitative estimate of drug-likeness (QED) is 0.725. The topological polar surface area (TPSA) is 62.2 Å². The number of carbonyl (C=O) groups is 1. The van der Waals surface area contributed by atoms with Crippen molar-refractivity contribution in [2.24, 2.45) is 0 Å². The number of aryl methyl sites for hydroxylation is 1. The van der Waals surface area contributed by atoms with Gasteiger partial charge in [0.2, 0.25) is 0 Å². The summed E-state index contributed by atoms with van der Waals surface area (Å²) in [6.45, 7) is 2.73. The molecule has 90 valence electrons. The molecule has 0 aliphatic rings. The maximum absolute atomic E-state index is 11.6. The van der Waals surface area contributed by atoms with Gasteiger partial charge in [0, 0.05) is 24.3 Å². The van der Waals surface area contributed by atoms with E-state index in [0.717, 1.165) is 23.6 Å². The normalized spacial score (nSPS) is 10.4. The number of carbonyl (C=O) groups excluding carboxylic acids is 1. The van der Waals surface area contributed by atoms with E-state index in [0.29, 0.717) is 12.1 Å². The second-order valence-electron chi connectivity index (χ2n) is 3.26. The highest BCUT2D eigenvalue weighted by atomic mass is 32.2. The van der Waals surface area contributed by atoms with Crippen LogP contribution in [0.3, 0.4) is 0 Å². The first-order valence-corrected chi connectivity index (χ1v) is 7.12. The molecule has 1 aromatic rings. The van der Waals surface area contributed by atoms with Gasteiger partial charge in [0.25, 0.3) is 5.91 Å². The van der Waals surface area contributed by atoms with Gasteiger partial charge in [-0.3, -0.25) is 4.79 Å². The van der Waals surface area contributed by atoms with Crippen LogP contribution in [0.4, 0.5) is 0 Å². The highest BCUT2D eigenvalue weighted by Crippen LogP contribution is 2.08. The summed E-state index contributed by atoms with van der Waals surface area (Å²) < 4.78 is 4.05. The number of hydrogen-bond donors (Lipinski definition) is 2. The maximum Gasteiger partial charge on any atom is 0.254 e. The number of aromatic nitrogens is 1. The van der Waals surface area contributed by atoms with Crippen molar-refractivity contribution in [1.82, 2.24) is 9.69 Å². The van der Waals surface area contributed by atoms with Gasteiger partial charge in [-0.25, -0.2) is 0 Å². The average Bonchev–Trinajstić information content (AvgIpc) is 2.69. The van der Waals surface area contributed by atoms with E-state index >= 15 is 0 Å². The van der Waals surface area contributed by atoms with Gasteiger partial charge in [0.1, 0.15) is 0 Å². The van der Waals surface area contributed by atoms with Crippen molar-refractivity contribution >= 4 is 29.2 Å². The van der Waals surface area contributed by atoms with Gasteiger partial charge < -0.3 is 10.4 Å². The van der Waals surface area contributed by atoms with Gasteiger partial charge >= 0.3 is 0 Å². The van der Waals surface area contributed by atoms with E-state index in [-0.39, 0.29) is 12.5 Å². The van der Waals surface area contributed by atoms with E-state index < -0.39 is 0 Å². The summed E-state index contributed by atoms with van der Waals surface area (Å²) in [6.07, 6.45) is 0.812. The smallest absolute Gasteiger partial charge is 0.254 e. The Hall–Kier alpha value is -0.590. The second-order valence-corrected chi connectivity index (χ2v) is 5.11. The number of hydrogen-bond acceptors (Lipinski definition) is 5. The van der Waals surface area contributed by atoms with E-state index in [1.165, 1.54) is 11.5 Å². The number of nitrogens with one attached hydrogen (secondary N) is 1. The maximum atomic E-state index is 11.6. The van der Waals surface area contributed by atoms with Crippen molar-refractivity contribution < 1.29 is 9.90 Å². The van der Waals surface area contributed by atoms with E-state index in [1.54, 1.807) is 17.1 Å². The number of amides is 1. The molecule has 0 aliphatic heterocycles. The summed E-state index contributed by atoms with van der Waals surface area (Å²) in [7, 11) is 0. The third-order valence-electron chi connectivity index (χ3n) is 1.97. The van der Waals surface area contributed by atoms with Crippen LogP contribution in [0.15, 0.2) is 5.38 Å². The Balaban J connectivity index is 2.14. The molecule has 0 radical (unpaired) electrons. The van der Waals surface area contributed by atoms with Crippen LogP contribution in [0.1, 0.15) is 22.5 Å². The van der Waals surface area contributed by atoms with Crippen molar-refractivity contribution in [2.75, 3.05) is 24.7 Å². The number of thioether (sulfide) groups is 1. The van der Waals surface area contributed by atoms with Crippen LogP contribution in [-0.2, 0) is 0 Å². The number of rotatable bonds is 7. The molecule has 6 heteroatoms. The molecule has 16 heavy (non-hydrogen) atoms. The van der Waals surface area contributed by atoms with E-state index in [2.05, 4.69) is 9.69 Å². The first-order valence-electron chi connectivity index (χ1n) is 5.13. The first-order chi connectivity index (χ1) is 7.75. The Bertz CT molecular complexity index is 328. The monoisotopic (exact) mass is 260 g/mol. The molecule has 0 spiro atoms. The standard InChI is InChI=1S/C10H16N2O2S2/c1-8-9(7-16-12-8)10(14)11-3-6-15-5-2-4-13/h7,13H,2-6H2,1H3,(H,11,14). The molecular formula is C10H16N2O2S2. The van der Waals surface area contributed by atoms with Crippen molar-refractivity contribution in [3.05, 3.63) is 16.6 Å². The summed E-state index contributed by atoms with van der Waals surface area (Å²) in [6, 6.07) is 0. The molecule has 0 bridgehead atoms. The highest BCUT2D eigenvalue weighted by Gasteiger charge is 2.09. The van der Waals surface area contributed by atoms with Crippen molar-refractivity contribution in [2.45, 2.75) is 13.3 Å². The summed E-state index contributed by atoms with van der Waals surface area (Å²) in [5.41, 5.74) is 1.46. The fourth-order valence-electron chi connectivity index (χ4n) is 1.11. The fourth-order valence-corrected chi connectivity index (χ4v) is 2.59. The molecular weight excluding hydrogens is 244 g/mol. The summed E-state index contributed by atoms with van der Waals surface area (Å²) in [4.78, 5) is 11.6. The molecule has 2 N–H and O–H groups in total. The molecule has 0 atom stereocenters. The third-order valence-corrected chi connectivity index (χ3v) is 3.76. The molecule has 1 aromatic heterocycles. The van der Waals surface area contributed by atoms with Gasteiger partial charge in [0.15, 0.2) is 0 Å². The zero-order valence-corrected chi connectivity index (χ0v) is 10.9. The van der Waals surface area contributed by atoms with Crippen LogP contribution in [-0.4, -0.2) is 40.0 Å². The van der Waals surface area contributed by atoms with Gasteiger partial charge in [-0.05, 0) is 30.6 Å². The molecule has 0 saturated carbocycles. The average molecular weight is 260 g/mol. The van der Waals surface area contributed by atoms with Gasteiger partial charge in [0.05, 0.1) is 11.3 Å². The molecule has 0 aromatic carbocycles. The van der Waals surface area contributed by atoms with Crippen LogP contribution in [0.2, 0.25) is 0 Å². The minimum Gasteiger partial charge on any atom is -0.396 e. The summed E-state index contributed by atoms with van der Waals surface area (Å²) >= 11 is 3.03. The fraction of sp³-hybridized carbons (Fsp3) is 0.600. The molecule has 0 saturated heterocycles. The van der Waals surface area contributed by atoms with E-state index in [9.17, 15) is 4.79 Å². The Morgan fingerprint density at radius 1 is 1.62 bits per heavy atom. The zero-order chi connectivity index (χ0) is 11.8. The SMILES string of the molecule is Cc1nscc1C(=O)NCCSCCCO. The molecule has 1 rings (SSSR count). The Morgan fingerprint density at radius 3 is 3.06 bits per heavy atom. The Labute approximate surface area is 104 Å². The zero-order valence-electron chi connectivity index (χ0n) is 9.23. The van der Waals surface area contributed by atoms with Crippen molar-refractivity contribution in [3.63, 3.8) is 0 Å². The molecule has 4 nitrogen and oxygen atoms in total. The van der Waals surface area contributed by atoms with Crippen LogP contribution in [0.5, 0.6) is 0 Å². The second kappa shape index (κ2) is 7.65. The lowest BCUT2D eigenvalue weighted by Gasteiger charge is -2.03. The summed E-state index contributed by atoms with van der Waals surface area (Å²) in [5, 5.41) is 13.2. The molecule has 0 aliphatic carbocycles. The van der Waals surface area contributed by atoms with Crippen LogP contribution >= 0.6 is 23.3 Å². The molecule has 0 unspecified atom stereocenters. The van der Waals surface area contributed by atoms with E-state index in [1.807, 2.05) is 6.92 Å². The van der Waals surface area contributed by atoms with Crippen LogP contribution in [0, 0.1) is 6.92 Å². The third kappa shape index (κ3) is 4.51. The minimum absolute atomic E-state index is 0.0472. The Morgan fingerprint density at radius 2 is 2.44 bits per heavy atom. The molecule has 1 heterocycles. The van der Waals surface area contributed by atoms with Crippen LogP contribution in [0.25, 0.3) is 0 Å². The largest absolute Gasteiger partial charge is 0.396 e. The van der Waals surface area contributed by atoms with E-state index in [4.69, 9.17) is 5.11 Å². The minimum atomic E-state index is -0.0472. The highest BCUT2D eigenvalue weighted by molar-refractivity contribution is 7.99. The molecule has 1 amide bonds. The number of nitrogens with zero attached hydrogens (tertiary/aromatic N) is 1. The predicted molar refractivity (Wildman–Crippen MR) is 68.2 cm³/mol. The lowest BCUT2D eigenvalue weighted by Crippen LogP contribution is -2.26. The summed E-state index contributed by atoms with van der Waals surface area (Å²) in [5.74, 6) is 1.77. The van der Waals surface area contributed by atoms with Gasteiger partial charge in [-0.15, -0.1) is 0 Å². The number of aliphatic hydroxyl groups is 1. The first kappa shape index (κ1) is 13.5. The van der Waals surface area contributed by atoms with Crippen molar-refractivity contribution in [3.8, 4) is 0 Å². The predicted octanol–water partition coefficient (Wildman–Crippen LogP) is 1.30. The lowest BCUT2D eigenvalue weighted by atomic mass is 10.2. The van der Waals surface area contributed by atoms with Gasteiger partial charge in [-0.1, -0.05) is 0 Å². The molecule has 0 fully saturated rings. The van der Waals surface area contributed by atoms with Crippen molar-refractivity contribution in [1.29, 1.82) is 0 Å². The lowest BCUT2D eigenvalue weighted by molar-refractivity contribution is 0.0956. The Kier molecular flexibility index (Phi) is 6.44.